The van der Waals surface area contributed by atoms with Gasteiger partial charge < -0.3 is 15.2 Å². The number of unbranched alkanes of at least 4 members (excludes halogenated alkanes) is 1. The Bertz CT molecular complexity index is 379. The Labute approximate surface area is 114 Å². The molecule has 4 nitrogen and oxygen atoms in total. The fourth-order valence-electron chi connectivity index (χ4n) is 1.68. The third-order valence-corrected chi connectivity index (χ3v) is 2.71. The van der Waals surface area contributed by atoms with Crippen LogP contribution < -0.4 is 10.1 Å². The molecule has 0 bridgehead atoms. The number of ether oxygens (including phenoxy) is 1. The third-order valence-electron chi connectivity index (χ3n) is 2.71. The number of rotatable bonds is 9. The average molecular weight is 265 g/mol. The molecule has 4 heteroatoms. The first-order valence-corrected chi connectivity index (χ1v) is 6.79. The van der Waals surface area contributed by atoms with E-state index in [0.717, 1.165) is 18.6 Å². The van der Waals surface area contributed by atoms with Crippen molar-refractivity contribution < 1.29 is 14.6 Å². The van der Waals surface area contributed by atoms with E-state index in [1.807, 2.05) is 31.2 Å². The standard InChI is InChI=1S/C15H23NO3/c1-13-6-4-7-14(12-13)19-11-5-8-15(18)16-9-2-3-10-17/h4,6-7,12,17H,2-3,5,8-11H2,1H3,(H,16,18). The van der Waals surface area contributed by atoms with Crippen LogP contribution in [0, 0.1) is 6.92 Å². The first-order chi connectivity index (χ1) is 9.22. The van der Waals surface area contributed by atoms with Crippen LogP contribution in [0.4, 0.5) is 0 Å². The van der Waals surface area contributed by atoms with Gasteiger partial charge in [-0.2, -0.15) is 0 Å². The molecule has 0 aromatic heterocycles. The highest BCUT2D eigenvalue weighted by Gasteiger charge is 2.01. The van der Waals surface area contributed by atoms with Crippen molar-refractivity contribution in [3.63, 3.8) is 0 Å². The number of hydrogen-bond acceptors (Lipinski definition) is 3. The largest absolute Gasteiger partial charge is 0.494 e. The monoisotopic (exact) mass is 265 g/mol. The van der Waals surface area contributed by atoms with Crippen molar-refractivity contribution in [3.05, 3.63) is 29.8 Å². The number of aliphatic hydroxyl groups is 1. The molecule has 19 heavy (non-hydrogen) atoms. The molecule has 0 unspecified atom stereocenters. The van der Waals surface area contributed by atoms with Crippen molar-refractivity contribution in [2.75, 3.05) is 19.8 Å². The van der Waals surface area contributed by atoms with Gasteiger partial charge in [0.05, 0.1) is 6.61 Å². The molecule has 0 aliphatic carbocycles. The molecule has 2 N–H and O–H groups in total. The SMILES string of the molecule is Cc1cccc(OCCCC(=O)NCCCCO)c1. The molecule has 1 aromatic carbocycles. The lowest BCUT2D eigenvalue weighted by molar-refractivity contribution is -0.121. The number of nitrogens with one attached hydrogen (secondary N) is 1. The van der Waals surface area contributed by atoms with Crippen LogP contribution in [0.3, 0.4) is 0 Å². The lowest BCUT2D eigenvalue weighted by Crippen LogP contribution is -2.24. The summed E-state index contributed by atoms with van der Waals surface area (Å²) in [4.78, 5) is 11.4. The van der Waals surface area contributed by atoms with Crippen molar-refractivity contribution in [1.82, 2.24) is 5.32 Å². The predicted octanol–water partition coefficient (Wildman–Crippen LogP) is 2.04. The summed E-state index contributed by atoms with van der Waals surface area (Å²) >= 11 is 0. The summed E-state index contributed by atoms with van der Waals surface area (Å²) in [6.07, 6.45) is 2.74. The maximum absolute atomic E-state index is 11.4. The van der Waals surface area contributed by atoms with Gasteiger partial charge in [0.2, 0.25) is 5.91 Å². The zero-order valence-electron chi connectivity index (χ0n) is 11.5. The zero-order chi connectivity index (χ0) is 13.9. The van der Waals surface area contributed by atoms with E-state index in [1.165, 1.54) is 5.56 Å². The lowest BCUT2D eigenvalue weighted by atomic mass is 10.2. The minimum Gasteiger partial charge on any atom is -0.494 e. The van der Waals surface area contributed by atoms with Gasteiger partial charge in [0.1, 0.15) is 5.75 Å². The van der Waals surface area contributed by atoms with E-state index in [4.69, 9.17) is 9.84 Å². The smallest absolute Gasteiger partial charge is 0.220 e. The molecule has 0 spiro atoms. The van der Waals surface area contributed by atoms with Gasteiger partial charge in [0.15, 0.2) is 0 Å². The zero-order valence-corrected chi connectivity index (χ0v) is 11.5. The Morgan fingerprint density at radius 1 is 1.32 bits per heavy atom. The van der Waals surface area contributed by atoms with E-state index in [0.29, 0.717) is 26.0 Å². The summed E-state index contributed by atoms with van der Waals surface area (Å²) in [6, 6.07) is 7.88. The Morgan fingerprint density at radius 3 is 2.89 bits per heavy atom. The first kappa shape index (κ1) is 15.5. The Hall–Kier alpha value is -1.55. The molecule has 1 aromatic rings. The molecule has 0 radical (unpaired) electrons. The van der Waals surface area contributed by atoms with Crippen molar-refractivity contribution in [3.8, 4) is 5.75 Å². The van der Waals surface area contributed by atoms with E-state index in [9.17, 15) is 4.79 Å². The van der Waals surface area contributed by atoms with E-state index in [2.05, 4.69) is 5.32 Å². The fourth-order valence-corrected chi connectivity index (χ4v) is 1.68. The van der Waals surface area contributed by atoms with Crippen molar-refractivity contribution in [2.45, 2.75) is 32.6 Å². The number of hydrogen-bond donors (Lipinski definition) is 2. The molecular weight excluding hydrogens is 242 g/mol. The topological polar surface area (TPSA) is 58.6 Å². The van der Waals surface area contributed by atoms with Gasteiger partial charge in [-0.1, -0.05) is 12.1 Å². The Morgan fingerprint density at radius 2 is 2.16 bits per heavy atom. The van der Waals surface area contributed by atoms with Crippen LogP contribution in [0.2, 0.25) is 0 Å². The van der Waals surface area contributed by atoms with Crippen LogP contribution in [0.1, 0.15) is 31.2 Å². The summed E-state index contributed by atoms with van der Waals surface area (Å²) in [5.74, 6) is 0.897. The number of carbonyl (C=O) groups excluding carboxylic acids is 1. The van der Waals surface area contributed by atoms with Gasteiger partial charge in [0.25, 0.3) is 0 Å². The normalized spacial score (nSPS) is 10.2. The Kier molecular flexibility index (Phi) is 7.66. The van der Waals surface area contributed by atoms with E-state index in [-0.39, 0.29) is 12.5 Å². The molecule has 0 fully saturated rings. The van der Waals surface area contributed by atoms with Gasteiger partial charge in [-0.25, -0.2) is 0 Å². The average Bonchev–Trinajstić information content (AvgIpc) is 2.40. The van der Waals surface area contributed by atoms with Crippen molar-refractivity contribution in [2.24, 2.45) is 0 Å². The molecule has 1 rings (SSSR count). The number of aliphatic hydroxyl groups excluding tert-OH is 1. The second-order valence-corrected chi connectivity index (χ2v) is 4.55. The molecule has 0 saturated heterocycles. The highest BCUT2D eigenvalue weighted by Crippen LogP contribution is 2.12. The maximum atomic E-state index is 11.4. The van der Waals surface area contributed by atoms with Gasteiger partial charge >= 0.3 is 0 Å². The third kappa shape index (κ3) is 7.47. The van der Waals surface area contributed by atoms with Crippen molar-refractivity contribution in [1.29, 1.82) is 0 Å². The number of aryl methyl sites for hydroxylation is 1. The van der Waals surface area contributed by atoms with Crippen LogP contribution in [0.15, 0.2) is 24.3 Å². The van der Waals surface area contributed by atoms with Crippen LogP contribution in [-0.2, 0) is 4.79 Å². The van der Waals surface area contributed by atoms with Gasteiger partial charge in [-0.15, -0.1) is 0 Å². The summed E-state index contributed by atoms with van der Waals surface area (Å²) in [7, 11) is 0. The molecule has 1 amide bonds. The van der Waals surface area contributed by atoms with Crippen molar-refractivity contribution >= 4 is 5.91 Å². The summed E-state index contributed by atoms with van der Waals surface area (Å²) in [5, 5.41) is 11.4. The van der Waals surface area contributed by atoms with Crippen LogP contribution >= 0.6 is 0 Å². The number of carbonyl (C=O) groups is 1. The lowest BCUT2D eigenvalue weighted by Gasteiger charge is -2.07. The minimum atomic E-state index is 0.0470. The fraction of sp³-hybridized carbons (Fsp3) is 0.533. The molecular formula is C15H23NO3. The van der Waals surface area contributed by atoms with Crippen LogP contribution in [0.25, 0.3) is 0 Å². The first-order valence-electron chi connectivity index (χ1n) is 6.79. The van der Waals surface area contributed by atoms with Gasteiger partial charge in [-0.05, 0) is 43.9 Å². The molecule has 106 valence electrons. The predicted molar refractivity (Wildman–Crippen MR) is 75.2 cm³/mol. The van der Waals surface area contributed by atoms with Crippen LogP contribution in [-0.4, -0.2) is 30.8 Å². The van der Waals surface area contributed by atoms with E-state index < -0.39 is 0 Å². The molecule has 0 aliphatic heterocycles. The second-order valence-electron chi connectivity index (χ2n) is 4.55. The second kappa shape index (κ2) is 9.39. The number of amides is 1. The summed E-state index contributed by atoms with van der Waals surface area (Å²) in [6.45, 7) is 3.39. The van der Waals surface area contributed by atoms with Gasteiger partial charge in [-0.3, -0.25) is 4.79 Å². The quantitative estimate of drug-likeness (QED) is 0.672. The molecule has 0 heterocycles. The Balaban J connectivity index is 2.05. The molecule has 0 aliphatic rings. The highest BCUT2D eigenvalue weighted by molar-refractivity contribution is 5.75. The molecule has 0 atom stereocenters. The van der Waals surface area contributed by atoms with E-state index >= 15 is 0 Å². The van der Waals surface area contributed by atoms with E-state index in [1.54, 1.807) is 0 Å². The van der Waals surface area contributed by atoms with Gasteiger partial charge in [0, 0.05) is 19.6 Å². The molecule has 0 saturated carbocycles. The summed E-state index contributed by atoms with van der Waals surface area (Å²) < 4.78 is 5.57. The highest BCUT2D eigenvalue weighted by atomic mass is 16.5. The van der Waals surface area contributed by atoms with Crippen LogP contribution in [0.5, 0.6) is 5.75 Å². The minimum absolute atomic E-state index is 0.0470. The summed E-state index contributed by atoms with van der Waals surface area (Å²) in [5.41, 5.74) is 1.17. The number of benzene rings is 1. The maximum Gasteiger partial charge on any atom is 0.220 e.